The highest BCUT2D eigenvalue weighted by Gasteiger charge is 2.13. The van der Waals surface area contributed by atoms with Crippen molar-refractivity contribution in [3.63, 3.8) is 0 Å². The minimum atomic E-state index is 0.0630. The van der Waals surface area contributed by atoms with E-state index in [0.717, 1.165) is 46.8 Å². The molecule has 0 fully saturated rings. The quantitative estimate of drug-likeness (QED) is 0.511. The van der Waals surface area contributed by atoms with E-state index in [4.69, 9.17) is 4.74 Å². The molecule has 0 spiro atoms. The predicted molar refractivity (Wildman–Crippen MR) is 120 cm³/mol. The van der Waals surface area contributed by atoms with Crippen LogP contribution in [-0.2, 0) is 11.3 Å². The molecule has 0 radical (unpaired) electrons. The van der Waals surface area contributed by atoms with Crippen molar-refractivity contribution in [1.82, 2.24) is 15.1 Å². The molecule has 0 saturated carbocycles. The van der Waals surface area contributed by atoms with E-state index < -0.39 is 0 Å². The zero-order chi connectivity index (χ0) is 21.5. The molecule has 0 aliphatic rings. The van der Waals surface area contributed by atoms with Gasteiger partial charge in [0.25, 0.3) is 0 Å². The average Bonchev–Trinajstić information content (AvgIpc) is 3.03. The van der Waals surface area contributed by atoms with Crippen LogP contribution in [0.3, 0.4) is 0 Å². The minimum Gasteiger partial charge on any atom is -0.493 e. The summed E-state index contributed by atoms with van der Waals surface area (Å²) in [5, 5.41) is 7.67. The van der Waals surface area contributed by atoms with Crippen molar-refractivity contribution in [3.05, 3.63) is 76.6 Å². The third-order valence-corrected chi connectivity index (χ3v) is 5.30. The lowest BCUT2D eigenvalue weighted by Gasteiger charge is -2.10. The Hall–Kier alpha value is -3.08. The number of ether oxygens (including phenoxy) is 1. The van der Waals surface area contributed by atoms with Crippen LogP contribution in [0.2, 0.25) is 0 Å². The standard InChI is InChI=1S/C25H31N3O2/c1-18-13-14-19(2)24(16-18)30-15-9-8-12-25(29)26-17-23-20(3)27-28(21(23)4)22-10-6-5-7-11-22/h5-7,10-11,13-14,16H,8-9,12,15,17H2,1-4H3,(H,26,29). The Kier molecular flexibility index (Phi) is 7.28. The van der Waals surface area contributed by atoms with E-state index in [0.29, 0.717) is 19.6 Å². The van der Waals surface area contributed by atoms with Gasteiger partial charge in [-0.1, -0.05) is 30.3 Å². The lowest BCUT2D eigenvalue weighted by atomic mass is 10.1. The number of rotatable bonds is 9. The summed E-state index contributed by atoms with van der Waals surface area (Å²) in [4.78, 5) is 12.3. The Bertz CT molecular complexity index is 993. The summed E-state index contributed by atoms with van der Waals surface area (Å²) in [6, 6.07) is 16.3. The van der Waals surface area contributed by atoms with Crippen molar-refractivity contribution >= 4 is 5.91 Å². The molecule has 158 valence electrons. The second-order valence-corrected chi connectivity index (χ2v) is 7.75. The molecule has 0 bridgehead atoms. The maximum Gasteiger partial charge on any atom is 0.220 e. The van der Waals surface area contributed by atoms with E-state index >= 15 is 0 Å². The van der Waals surface area contributed by atoms with Gasteiger partial charge in [0.15, 0.2) is 0 Å². The van der Waals surface area contributed by atoms with Crippen LogP contribution in [0, 0.1) is 27.7 Å². The second-order valence-electron chi connectivity index (χ2n) is 7.75. The fourth-order valence-electron chi connectivity index (χ4n) is 3.46. The predicted octanol–water partition coefficient (Wildman–Crippen LogP) is 4.97. The smallest absolute Gasteiger partial charge is 0.220 e. The first kappa shape index (κ1) is 21.6. The van der Waals surface area contributed by atoms with Crippen LogP contribution < -0.4 is 10.1 Å². The SMILES string of the molecule is Cc1ccc(C)c(OCCCCC(=O)NCc2c(C)nn(-c3ccccc3)c2C)c1. The van der Waals surface area contributed by atoms with Crippen LogP contribution >= 0.6 is 0 Å². The highest BCUT2D eigenvalue weighted by atomic mass is 16.5. The van der Waals surface area contributed by atoms with Crippen LogP contribution in [0.25, 0.3) is 5.69 Å². The number of hydrogen-bond acceptors (Lipinski definition) is 3. The number of carbonyl (C=O) groups is 1. The maximum absolute atomic E-state index is 12.3. The fraction of sp³-hybridized carbons (Fsp3) is 0.360. The summed E-state index contributed by atoms with van der Waals surface area (Å²) < 4.78 is 7.79. The Morgan fingerprint density at radius 3 is 2.57 bits per heavy atom. The van der Waals surface area contributed by atoms with Crippen molar-refractivity contribution in [2.75, 3.05) is 6.61 Å². The van der Waals surface area contributed by atoms with Gasteiger partial charge in [-0.15, -0.1) is 0 Å². The molecule has 0 aliphatic carbocycles. The van der Waals surface area contributed by atoms with Gasteiger partial charge >= 0.3 is 0 Å². The van der Waals surface area contributed by atoms with Crippen LogP contribution in [-0.4, -0.2) is 22.3 Å². The Balaban J connectivity index is 1.43. The van der Waals surface area contributed by atoms with Gasteiger partial charge in [0.05, 0.1) is 18.0 Å². The number of hydrogen-bond donors (Lipinski definition) is 1. The molecule has 30 heavy (non-hydrogen) atoms. The number of aryl methyl sites for hydroxylation is 3. The maximum atomic E-state index is 12.3. The monoisotopic (exact) mass is 405 g/mol. The Morgan fingerprint density at radius 2 is 1.80 bits per heavy atom. The largest absolute Gasteiger partial charge is 0.493 e. The summed E-state index contributed by atoms with van der Waals surface area (Å²) in [6.45, 7) is 9.26. The molecule has 5 nitrogen and oxygen atoms in total. The minimum absolute atomic E-state index is 0.0630. The molecule has 1 heterocycles. The van der Waals surface area contributed by atoms with Crippen molar-refractivity contribution in [2.24, 2.45) is 0 Å². The number of nitrogens with zero attached hydrogens (tertiary/aromatic N) is 2. The van der Waals surface area contributed by atoms with Gasteiger partial charge in [-0.05, 0) is 69.9 Å². The number of carbonyl (C=O) groups excluding carboxylic acids is 1. The van der Waals surface area contributed by atoms with Gasteiger partial charge < -0.3 is 10.1 Å². The molecular weight excluding hydrogens is 374 g/mol. The second kappa shape index (κ2) is 10.1. The van der Waals surface area contributed by atoms with Crippen LogP contribution in [0.4, 0.5) is 0 Å². The molecule has 2 aromatic carbocycles. The topological polar surface area (TPSA) is 56.1 Å². The molecular formula is C25H31N3O2. The number of benzene rings is 2. The van der Waals surface area contributed by atoms with E-state index in [1.807, 2.05) is 55.8 Å². The lowest BCUT2D eigenvalue weighted by molar-refractivity contribution is -0.121. The van der Waals surface area contributed by atoms with Crippen LogP contribution in [0.5, 0.6) is 5.75 Å². The normalized spacial score (nSPS) is 10.8. The lowest BCUT2D eigenvalue weighted by Crippen LogP contribution is -2.23. The highest BCUT2D eigenvalue weighted by Crippen LogP contribution is 2.20. The summed E-state index contributed by atoms with van der Waals surface area (Å²) in [6.07, 6.45) is 2.16. The number of para-hydroxylation sites is 1. The molecule has 0 unspecified atom stereocenters. The number of amides is 1. The molecule has 0 saturated heterocycles. The van der Waals surface area contributed by atoms with E-state index in [2.05, 4.69) is 35.5 Å². The van der Waals surface area contributed by atoms with Crippen molar-refractivity contribution in [2.45, 2.75) is 53.5 Å². The number of aromatic nitrogens is 2. The van der Waals surface area contributed by atoms with Gasteiger partial charge in [0, 0.05) is 24.2 Å². The first-order chi connectivity index (χ1) is 14.5. The van der Waals surface area contributed by atoms with E-state index in [1.165, 1.54) is 5.56 Å². The van der Waals surface area contributed by atoms with E-state index in [9.17, 15) is 4.79 Å². The molecule has 0 atom stereocenters. The Labute approximate surface area is 179 Å². The average molecular weight is 406 g/mol. The first-order valence-electron chi connectivity index (χ1n) is 10.5. The van der Waals surface area contributed by atoms with Gasteiger partial charge in [-0.3, -0.25) is 4.79 Å². The molecule has 3 aromatic rings. The van der Waals surface area contributed by atoms with E-state index in [-0.39, 0.29) is 5.91 Å². The van der Waals surface area contributed by atoms with E-state index in [1.54, 1.807) is 0 Å². The number of unbranched alkanes of at least 4 members (excludes halogenated alkanes) is 1. The third kappa shape index (κ3) is 5.50. The summed E-state index contributed by atoms with van der Waals surface area (Å²) >= 11 is 0. The molecule has 3 rings (SSSR count). The van der Waals surface area contributed by atoms with Crippen molar-refractivity contribution < 1.29 is 9.53 Å². The number of nitrogens with one attached hydrogen (secondary N) is 1. The molecule has 5 heteroatoms. The Morgan fingerprint density at radius 1 is 1.03 bits per heavy atom. The first-order valence-corrected chi connectivity index (χ1v) is 10.5. The summed E-state index contributed by atoms with van der Waals surface area (Å²) in [5.41, 5.74) is 6.43. The molecule has 1 aromatic heterocycles. The third-order valence-electron chi connectivity index (χ3n) is 5.30. The highest BCUT2D eigenvalue weighted by molar-refractivity contribution is 5.75. The zero-order valence-corrected chi connectivity index (χ0v) is 18.4. The molecule has 0 aliphatic heterocycles. The molecule has 1 amide bonds. The molecule has 1 N–H and O–H groups in total. The van der Waals surface area contributed by atoms with Crippen molar-refractivity contribution in [1.29, 1.82) is 0 Å². The van der Waals surface area contributed by atoms with Gasteiger partial charge in [0.1, 0.15) is 5.75 Å². The zero-order valence-electron chi connectivity index (χ0n) is 18.4. The summed E-state index contributed by atoms with van der Waals surface area (Å²) in [5.74, 6) is 0.994. The van der Waals surface area contributed by atoms with Crippen LogP contribution in [0.1, 0.15) is 47.3 Å². The van der Waals surface area contributed by atoms with Crippen molar-refractivity contribution in [3.8, 4) is 11.4 Å². The fourth-order valence-corrected chi connectivity index (χ4v) is 3.46. The van der Waals surface area contributed by atoms with Crippen LogP contribution in [0.15, 0.2) is 48.5 Å². The van der Waals surface area contributed by atoms with Gasteiger partial charge in [-0.25, -0.2) is 4.68 Å². The van der Waals surface area contributed by atoms with Gasteiger partial charge in [-0.2, -0.15) is 5.10 Å². The summed E-state index contributed by atoms with van der Waals surface area (Å²) in [7, 11) is 0. The van der Waals surface area contributed by atoms with Gasteiger partial charge in [0.2, 0.25) is 5.91 Å².